The summed E-state index contributed by atoms with van der Waals surface area (Å²) in [5, 5.41) is 8.50. The van der Waals surface area contributed by atoms with Gasteiger partial charge in [0.25, 0.3) is 0 Å². The lowest BCUT2D eigenvalue weighted by Crippen LogP contribution is -2.43. The normalized spacial score (nSPS) is 23.2. The Hall–Kier alpha value is -0.990. The van der Waals surface area contributed by atoms with E-state index in [9.17, 15) is 8.42 Å². The SMILES string of the molecule is CCS(=O)(=O)N1CCc2c(nnn2CC2CC2)[C@@H]1COC. The van der Waals surface area contributed by atoms with Crippen molar-refractivity contribution in [3.05, 3.63) is 11.4 Å². The van der Waals surface area contributed by atoms with Gasteiger partial charge in [-0.2, -0.15) is 4.31 Å². The van der Waals surface area contributed by atoms with Crippen molar-refractivity contribution in [3.63, 3.8) is 0 Å². The monoisotopic (exact) mass is 314 g/mol. The molecule has 0 saturated heterocycles. The summed E-state index contributed by atoms with van der Waals surface area (Å²) in [4.78, 5) is 0. The molecule has 1 aromatic heterocycles. The molecule has 8 heteroatoms. The van der Waals surface area contributed by atoms with E-state index in [0.29, 0.717) is 25.5 Å². The van der Waals surface area contributed by atoms with Crippen LogP contribution in [0.4, 0.5) is 0 Å². The first kappa shape index (κ1) is 14.9. The number of hydrogen-bond donors (Lipinski definition) is 0. The molecular weight excluding hydrogens is 292 g/mol. The number of ether oxygens (including phenoxy) is 1. The lowest BCUT2D eigenvalue weighted by atomic mass is 10.1. The van der Waals surface area contributed by atoms with E-state index in [1.54, 1.807) is 14.0 Å². The van der Waals surface area contributed by atoms with E-state index in [4.69, 9.17) is 4.74 Å². The van der Waals surface area contributed by atoms with Crippen LogP contribution in [-0.4, -0.2) is 53.7 Å². The molecule has 1 saturated carbocycles. The maximum atomic E-state index is 12.3. The fourth-order valence-corrected chi connectivity index (χ4v) is 4.13. The molecule has 0 amide bonds. The Balaban J connectivity index is 1.91. The van der Waals surface area contributed by atoms with E-state index >= 15 is 0 Å². The molecule has 0 N–H and O–H groups in total. The highest BCUT2D eigenvalue weighted by molar-refractivity contribution is 7.89. The molecule has 1 atom stereocenters. The summed E-state index contributed by atoms with van der Waals surface area (Å²) in [6.45, 7) is 3.37. The number of rotatable bonds is 6. The van der Waals surface area contributed by atoms with Crippen LogP contribution >= 0.6 is 0 Å². The molecule has 0 spiro atoms. The van der Waals surface area contributed by atoms with Gasteiger partial charge in [0, 0.05) is 26.6 Å². The average molecular weight is 314 g/mol. The zero-order valence-electron chi connectivity index (χ0n) is 12.5. The summed E-state index contributed by atoms with van der Waals surface area (Å²) in [6, 6.07) is -0.350. The zero-order valence-corrected chi connectivity index (χ0v) is 13.3. The standard InChI is InChI=1S/C13H22N4O3S/c1-3-21(18,19)17-7-6-11-13(12(17)9-20-2)14-15-16(11)8-10-4-5-10/h10,12H,3-9H2,1-2H3/t12-/m0/s1. The molecule has 0 radical (unpaired) electrons. The second-order valence-corrected chi connectivity index (χ2v) is 7.99. The molecule has 1 fully saturated rings. The molecule has 21 heavy (non-hydrogen) atoms. The van der Waals surface area contributed by atoms with Crippen molar-refractivity contribution >= 4 is 10.0 Å². The number of methoxy groups -OCH3 is 1. The number of aromatic nitrogens is 3. The van der Waals surface area contributed by atoms with Crippen LogP contribution in [0.3, 0.4) is 0 Å². The summed E-state index contributed by atoms with van der Waals surface area (Å²) in [5.41, 5.74) is 1.84. The molecule has 7 nitrogen and oxygen atoms in total. The summed E-state index contributed by atoms with van der Waals surface area (Å²) in [7, 11) is -1.68. The Morgan fingerprint density at radius 2 is 2.14 bits per heavy atom. The Labute approximate surface area is 125 Å². The van der Waals surface area contributed by atoms with Gasteiger partial charge in [0.1, 0.15) is 5.69 Å². The molecule has 1 aliphatic carbocycles. The van der Waals surface area contributed by atoms with Gasteiger partial charge in [-0.25, -0.2) is 13.1 Å². The van der Waals surface area contributed by atoms with E-state index in [1.165, 1.54) is 17.1 Å². The average Bonchev–Trinajstić information content (AvgIpc) is 3.19. The first-order chi connectivity index (χ1) is 10.1. The minimum absolute atomic E-state index is 0.0960. The third-order valence-electron chi connectivity index (χ3n) is 4.27. The van der Waals surface area contributed by atoms with Crippen molar-refractivity contribution in [2.45, 2.75) is 38.8 Å². The van der Waals surface area contributed by atoms with Crippen LogP contribution in [0.5, 0.6) is 0 Å². The van der Waals surface area contributed by atoms with Gasteiger partial charge >= 0.3 is 0 Å². The van der Waals surface area contributed by atoms with Crippen molar-refractivity contribution in [1.82, 2.24) is 19.3 Å². The Morgan fingerprint density at radius 1 is 1.38 bits per heavy atom. The molecule has 0 bridgehead atoms. The fourth-order valence-electron chi connectivity index (χ4n) is 2.88. The molecular formula is C13H22N4O3S. The van der Waals surface area contributed by atoms with Crippen molar-refractivity contribution in [1.29, 1.82) is 0 Å². The maximum absolute atomic E-state index is 12.3. The summed E-state index contributed by atoms with van der Waals surface area (Å²) < 4.78 is 33.2. The third-order valence-corrected chi connectivity index (χ3v) is 6.16. The van der Waals surface area contributed by atoms with Crippen molar-refractivity contribution in [2.24, 2.45) is 5.92 Å². The van der Waals surface area contributed by atoms with E-state index in [0.717, 1.165) is 17.9 Å². The van der Waals surface area contributed by atoms with Gasteiger partial charge in [-0.15, -0.1) is 5.10 Å². The quantitative estimate of drug-likeness (QED) is 0.768. The Morgan fingerprint density at radius 3 is 2.76 bits per heavy atom. The highest BCUT2D eigenvalue weighted by Gasteiger charge is 2.38. The predicted molar refractivity (Wildman–Crippen MR) is 77.2 cm³/mol. The van der Waals surface area contributed by atoms with Gasteiger partial charge in [0.15, 0.2) is 0 Å². The topological polar surface area (TPSA) is 77.3 Å². The summed E-state index contributed by atoms with van der Waals surface area (Å²) in [6.07, 6.45) is 3.19. The van der Waals surface area contributed by atoms with Gasteiger partial charge < -0.3 is 4.74 Å². The van der Waals surface area contributed by atoms with Crippen LogP contribution in [0.15, 0.2) is 0 Å². The Bertz CT molecular complexity index is 609. The second kappa shape index (κ2) is 5.66. The minimum Gasteiger partial charge on any atom is -0.383 e. The molecule has 2 heterocycles. The third kappa shape index (κ3) is 2.84. The van der Waals surface area contributed by atoms with Gasteiger partial charge in [-0.05, 0) is 25.7 Å². The van der Waals surface area contributed by atoms with Crippen molar-refractivity contribution < 1.29 is 13.2 Å². The van der Waals surface area contributed by atoms with Gasteiger partial charge in [-0.1, -0.05) is 5.21 Å². The lowest BCUT2D eigenvalue weighted by Gasteiger charge is -2.33. The van der Waals surface area contributed by atoms with E-state index in [1.807, 2.05) is 4.68 Å². The molecule has 2 aliphatic rings. The molecule has 1 aliphatic heterocycles. The van der Waals surface area contributed by atoms with Crippen LogP contribution in [0.1, 0.15) is 37.2 Å². The first-order valence-electron chi connectivity index (χ1n) is 7.47. The molecule has 0 aromatic carbocycles. The summed E-state index contributed by atoms with van der Waals surface area (Å²) in [5.74, 6) is 0.813. The highest BCUT2D eigenvalue weighted by Crippen LogP contribution is 2.34. The summed E-state index contributed by atoms with van der Waals surface area (Å²) >= 11 is 0. The maximum Gasteiger partial charge on any atom is 0.214 e. The van der Waals surface area contributed by atoms with Crippen LogP contribution in [0, 0.1) is 5.92 Å². The van der Waals surface area contributed by atoms with Crippen molar-refractivity contribution in [2.75, 3.05) is 26.0 Å². The van der Waals surface area contributed by atoms with Crippen LogP contribution < -0.4 is 0 Å². The number of nitrogens with zero attached hydrogens (tertiary/aromatic N) is 4. The molecule has 3 rings (SSSR count). The highest BCUT2D eigenvalue weighted by atomic mass is 32.2. The number of fused-ring (bicyclic) bond motifs is 1. The molecule has 0 unspecified atom stereocenters. The van der Waals surface area contributed by atoms with Crippen LogP contribution in [0.2, 0.25) is 0 Å². The predicted octanol–water partition coefficient (Wildman–Crippen LogP) is 0.583. The van der Waals surface area contributed by atoms with E-state index in [2.05, 4.69) is 10.3 Å². The van der Waals surface area contributed by atoms with Crippen LogP contribution in [0.25, 0.3) is 0 Å². The van der Waals surface area contributed by atoms with E-state index in [-0.39, 0.29) is 11.8 Å². The second-order valence-electron chi connectivity index (χ2n) is 5.78. The van der Waals surface area contributed by atoms with Gasteiger partial charge in [0.05, 0.1) is 24.1 Å². The fraction of sp³-hybridized carbons (Fsp3) is 0.846. The molecule has 118 valence electrons. The van der Waals surface area contributed by atoms with Crippen molar-refractivity contribution in [3.8, 4) is 0 Å². The largest absolute Gasteiger partial charge is 0.383 e. The van der Waals surface area contributed by atoms with E-state index < -0.39 is 10.0 Å². The minimum atomic E-state index is -3.26. The van der Waals surface area contributed by atoms with Gasteiger partial charge in [0.2, 0.25) is 10.0 Å². The van der Waals surface area contributed by atoms with Gasteiger partial charge in [-0.3, -0.25) is 0 Å². The number of hydrogen-bond acceptors (Lipinski definition) is 5. The zero-order chi connectivity index (χ0) is 15.0. The van der Waals surface area contributed by atoms with Crippen LogP contribution in [-0.2, 0) is 27.7 Å². The number of sulfonamides is 1. The lowest BCUT2D eigenvalue weighted by molar-refractivity contribution is 0.125. The smallest absolute Gasteiger partial charge is 0.214 e. The Kier molecular flexibility index (Phi) is 4.02. The first-order valence-corrected chi connectivity index (χ1v) is 9.08. The molecule has 1 aromatic rings.